The highest BCUT2D eigenvalue weighted by atomic mass is 35.5. The van der Waals surface area contributed by atoms with Crippen LogP contribution in [0.1, 0.15) is 6.42 Å². The molecule has 1 aromatic carbocycles. The van der Waals surface area contributed by atoms with E-state index >= 15 is 0 Å². The molecule has 0 aliphatic heterocycles. The molecule has 3 rings (SSSR count). The fraction of sp³-hybridized carbons (Fsp3) is 0.214. The van der Waals surface area contributed by atoms with E-state index < -0.39 is 0 Å². The number of aromatic nitrogens is 3. The molecule has 5 heteroatoms. The van der Waals surface area contributed by atoms with Crippen LogP contribution in [0.25, 0.3) is 21.8 Å². The Morgan fingerprint density at radius 1 is 1.16 bits per heavy atom. The zero-order valence-electron chi connectivity index (χ0n) is 10.2. The van der Waals surface area contributed by atoms with Gasteiger partial charge < -0.3 is 0 Å². The molecule has 0 saturated carbocycles. The topological polar surface area (TPSA) is 47.8 Å². The number of aryl methyl sites for hydroxylation is 1. The second-order valence-electron chi connectivity index (χ2n) is 4.32. The molecule has 0 N–H and O–H groups in total. The molecule has 96 valence electrons. The lowest BCUT2D eigenvalue weighted by Gasteiger charge is -2.06. The van der Waals surface area contributed by atoms with Gasteiger partial charge in [-0.15, -0.1) is 11.6 Å². The highest BCUT2D eigenvalue weighted by molar-refractivity contribution is 6.17. The number of halogens is 1. The first kappa shape index (κ1) is 12.1. The zero-order chi connectivity index (χ0) is 13.2. The molecule has 0 fully saturated rings. The number of rotatable bonds is 3. The molecule has 0 unspecified atom stereocenters. The van der Waals surface area contributed by atoms with Crippen LogP contribution >= 0.6 is 11.6 Å². The monoisotopic (exact) mass is 273 g/mol. The van der Waals surface area contributed by atoms with Crippen LogP contribution in [0.2, 0.25) is 0 Å². The lowest BCUT2D eigenvalue weighted by molar-refractivity contribution is 0.650. The van der Waals surface area contributed by atoms with Crippen molar-refractivity contribution in [3.05, 3.63) is 47.1 Å². The van der Waals surface area contributed by atoms with Gasteiger partial charge in [0.2, 0.25) is 0 Å². The van der Waals surface area contributed by atoms with Gasteiger partial charge in [-0.3, -0.25) is 14.3 Å². The van der Waals surface area contributed by atoms with E-state index in [2.05, 4.69) is 9.97 Å². The Kier molecular flexibility index (Phi) is 3.17. The van der Waals surface area contributed by atoms with Gasteiger partial charge in [0.1, 0.15) is 0 Å². The van der Waals surface area contributed by atoms with Gasteiger partial charge in [-0.05, 0) is 12.5 Å². The molecule has 4 nitrogen and oxygen atoms in total. The van der Waals surface area contributed by atoms with Crippen LogP contribution < -0.4 is 5.56 Å². The molecule has 0 radical (unpaired) electrons. The summed E-state index contributed by atoms with van der Waals surface area (Å²) in [6.45, 7) is 0.581. The maximum absolute atomic E-state index is 12.3. The Morgan fingerprint density at radius 3 is 2.84 bits per heavy atom. The first-order valence-electron chi connectivity index (χ1n) is 6.10. The Hall–Kier alpha value is -1.94. The Bertz CT molecular complexity index is 797. The van der Waals surface area contributed by atoms with Gasteiger partial charge in [-0.2, -0.15) is 0 Å². The first-order valence-corrected chi connectivity index (χ1v) is 6.63. The summed E-state index contributed by atoms with van der Waals surface area (Å²) in [6.07, 6.45) is 3.93. The lowest BCUT2D eigenvalue weighted by atomic mass is 10.1. The van der Waals surface area contributed by atoms with Crippen molar-refractivity contribution in [2.45, 2.75) is 13.0 Å². The summed E-state index contributed by atoms with van der Waals surface area (Å²) in [5.74, 6) is 0.528. The van der Waals surface area contributed by atoms with Crippen LogP contribution in [0.15, 0.2) is 41.6 Å². The minimum Gasteiger partial charge on any atom is -0.299 e. The van der Waals surface area contributed by atoms with E-state index in [4.69, 9.17) is 11.6 Å². The van der Waals surface area contributed by atoms with Gasteiger partial charge in [0.15, 0.2) is 0 Å². The van der Waals surface area contributed by atoms with Crippen molar-refractivity contribution in [2.75, 3.05) is 5.88 Å². The number of fused-ring (bicyclic) bond motifs is 3. The predicted octanol–water partition coefficient (Wildman–Crippen LogP) is 2.57. The third-order valence-electron chi connectivity index (χ3n) is 3.10. The predicted molar refractivity (Wildman–Crippen MR) is 76.6 cm³/mol. The average Bonchev–Trinajstić information content (AvgIpc) is 2.46. The highest BCUT2D eigenvalue weighted by Gasteiger charge is 2.07. The summed E-state index contributed by atoms with van der Waals surface area (Å²) in [5, 5.41) is 1.46. The molecule has 0 spiro atoms. The van der Waals surface area contributed by atoms with Gasteiger partial charge in [0.25, 0.3) is 5.56 Å². The largest absolute Gasteiger partial charge is 0.299 e. The Labute approximate surface area is 114 Å². The summed E-state index contributed by atoms with van der Waals surface area (Å²) >= 11 is 5.65. The molecule has 0 amide bonds. The van der Waals surface area contributed by atoms with E-state index in [1.165, 1.54) is 0 Å². The van der Waals surface area contributed by atoms with Crippen LogP contribution in [0.4, 0.5) is 0 Å². The molecular formula is C14H12ClN3O. The standard InChI is InChI=1S/C14H12ClN3O/c15-6-3-7-18-9-17-13-10-4-1-2-5-12(10)16-8-11(13)14(18)19/h1-2,4-5,8-9H,3,6-7H2. The normalized spacial score (nSPS) is 11.2. The smallest absolute Gasteiger partial charge is 0.262 e. The van der Waals surface area contributed by atoms with E-state index in [-0.39, 0.29) is 5.56 Å². The zero-order valence-corrected chi connectivity index (χ0v) is 11.0. The molecule has 2 aromatic heterocycles. The van der Waals surface area contributed by atoms with Crippen molar-refractivity contribution in [1.29, 1.82) is 0 Å². The van der Waals surface area contributed by atoms with Gasteiger partial charge in [0, 0.05) is 24.0 Å². The second kappa shape index (κ2) is 4.97. The number of nitrogens with zero attached hydrogens (tertiary/aromatic N) is 3. The summed E-state index contributed by atoms with van der Waals surface area (Å²) < 4.78 is 1.58. The van der Waals surface area contributed by atoms with Crippen LogP contribution in [-0.4, -0.2) is 20.4 Å². The quantitative estimate of drug-likeness (QED) is 0.544. The van der Waals surface area contributed by atoms with Gasteiger partial charge >= 0.3 is 0 Å². The second-order valence-corrected chi connectivity index (χ2v) is 4.70. The summed E-state index contributed by atoms with van der Waals surface area (Å²) in [5.41, 5.74) is 1.49. The minimum absolute atomic E-state index is 0.0617. The molecule has 0 aliphatic carbocycles. The molecule has 3 aromatic rings. The number of pyridine rings is 1. The number of para-hydroxylation sites is 1. The summed E-state index contributed by atoms with van der Waals surface area (Å²) in [6, 6.07) is 7.68. The van der Waals surface area contributed by atoms with Gasteiger partial charge in [-0.1, -0.05) is 18.2 Å². The molecule has 19 heavy (non-hydrogen) atoms. The van der Waals surface area contributed by atoms with Crippen molar-refractivity contribution < 1.29 is 0 Å². The van der Waals surface area contributed by atoms with Crippen molar-refractivity contribution in [2.24, 2.45) is 0 Å². The third kappa shape index (κ3) is 2.08. The SMILES string of the molecule is O=c1c2cnc3ccccc3c2ncn1CCCCl. The van der Waals surface area contributed by atoms with Crippen LogP contribution in [0, 0.1) is 0 Å². The molecule has 2 heterocycles. The number of benzene rings is 1. The first-order chi connectivity index (χ1) is 9.31. The van der Waals surface area contributed by atoms with Crippen molar-refractivity contribution in [3.8, 4) is 0 Å². The molecule has 0 atom stereocenters. The van der Waals surface area contributed by atoms with E-state index in [1.807, 2.05) is 24.3 Å². The summed E-state index contributed by atoms with van der Waals surface area (Å²) in [7, 11) is 0. The third-order valence-corrected chi connectivity index (χ3v) is 3.36. The van der Waals surface area contributed by atoms with E-state index in [0.717, 1.165) is 17.3 Å². The van der Waals surface area contributed by atoms with Gasteiger partial charge in [-0.25, -0.2) is 4.98 Å². The average molecular weight is 274 g/mol. The fourth-order valence-electron chi connectivity index (χ4n) is 2.15. The van der Waals surface area contributed by atoms with Gasteiger partial charge in [0.05, 0.1) is 22.7 Å². The maximum atomic E-state index is 12.3. The highest BCUT2D eigenvalue weighted by Crippen LogP contribution is 2.18. The maximum Gasteiger partial charge on any atom is 0.262 e. The fourth-order valence-corrected chi connectivity index (χ4v) is 2.27. The minimum atomic E-state index is -0.0617. The summed E-state index contributed by atoms with van der Waals surface area (Å²) in [4.78, 5) is 21.0. The van der Waals surface area contributed by atoms with Crippen molar-refractivity contribution in [3.63, 3.8) is 0 Å². The molecular weight excluding hydrogens is 262 g/mol. The van der Waals surface area contributed by atoms with Crippen molar-refractivity contribution in [1.82, 2.24) is 14.5 Å². The Morgan fingerprint density at radius 2 is 2.00 bits per heavy atom. The van der Waals surface area contributed by atoms with Crippen LogP contribution in [0.3, 0.4) is 0 Å². The van der Waals surface area contributed by atoms with Crippen LogP contribution in [0.5, 0.6) is 0 Å². The van der Waals surface area contributed by atoms with Crippen molar-refractivity contribution >= 4 is 33.4 Å². The molecule has 0 aliphatic rings. The van der Waals surface area contributed by atoms with E-state index in [0.29, 0.717) is 23.3 Å². The number of hydrogen-bond donors (Lipinski definition) is 0. The number of hydrogen-bond acceptors (Lipinski definition) is 3. The Balaban J connectivity index is 2.27. The number of alkyl halides is 1. The molecule has 0 bridgehead atoms. The van der Waals surface area contributed by atoms with E-state index in [1.54, 1.807) is 17.1 Å². The van der Waals surface area contributed by atoms with E-state index in [9.17, 15) is 4.79 Å². The van der Waals surface area contributed by atoms with Crippen LogP contribution in [-0.2, 0) is 6.54 Å². The lowest BCUT2D eigenvalue weighted by Crippen LogP contribution is -2.21. The molecule has 0 saturated heterocycles.